The first-order chi connectivity index (χ1) is 6.86. The average Bonchev–Trinajstić information content (AvgIpc) is 2.50. The third-order valence-corrected chi connectivity index (χ3v) is 2.95. The minimum Gasteiger partial charge on any atom is -0.291 e. The third kappa shape index (κ3) is 2.41. The zero-order valence-electron chi connectivity index (χ0n) is 8.21. The summed E-state index contributed by atoms with van der Waals surface area (Å²) in [6.07, 6.45) is 3.46. The van der Waals surface area contributed by atoms with Crippen molar-refractivity contribution in [2.24, 2.45) is 7.05 Å². The van der Waals surface area contributed by atoms with E-state index in [0.29, 0.717) is 0 Å². The number of aryl methyl sites for hydroxylation is 1. The molecular weight excluding hydrogens is 218 g/mol. The monoisotopic (exact) mass is 227 g/mol. The molecule has 1 aromatic heterocycles. The molecule has 0 saturated carbocycles. The Morgan fingerprint density at radius 3 is 2.60 bits per heavy atom. The number of nitrogens with zero attached hydrogens (tertiary/aromatic N) is 3. The lowest BCUT2D eigenvalue weighted by molar-refractivity contribution is 0.100. The molecule has 1 rings (SSSR count). The highest BCUT2D eigenvalue weighted by Gasteiger charge is 2.30. The predicted octanol–water partition coefficient (Wildman–Crippen LogP) is -0.460. The van der Waals surface area contributed by atoms with Crippen molar-refractivity contribution in [2.75, 3.05) is 6.26 Å². The largest absolute Gasteiger partial charge is 0.291 e. The minimum atomic E-state index is -3.70. The van der Waals surface area contributed by atoms with E-state index < -0.39 is 20.9 Å². The van der Waals surface area contributed by atoms with Crippen LogP contribution in [0.4, 0.5) is 0 Å². The number of carbonyl (C=O) groups is 1. The van der Waals surface area contributed by atoms with Gasteiger partial charge in [0.1, 0.15) is 0 Å². The molecule has 80 valence electrons. The Kier molecular flexibility index (Phi) is 2.90. The summed E-state index contributed by atoms with van der Waals surface area (Å²) in [4.78, 5) is 11.6. The number of hydrogen-bond donors (Lipinski definition) is 0. The summed E-state index contributed by atoms with van der Waals surface area (Å²) in [5.74, 6) is -0.742. The summed E-state index contributed by atoms with van der Waals surface area (Å²) in [5.41, 5.74) is 0.120. The molecule has 7 heteroatoms. The molecule has 0 aliphatic carbocycles. The number of carbonyl (C=O) groups excluding carboxylic acids is 1. The van der Waals surface area contributed by atoms with Crippen molar-refractivity contribution in [1.29, 1.82) is 5.26 Å². The normalized spacial score (nSPS) is 13.1. The SMILES string of the molecule is Cn1cc(C(=O)C(C#N)S(C)(=O)=O)cn1. The molecule has 0 aliphatic rings. The fourth-order valence-electron chi connectivity index (χ4n) is 1.05. The molecule has 15 heavy (non-hydrogen) atoms. The van der Waals surface area contributed by atoms with Crippen molar-refractivity contribution < 1.29 is 13.2 Å². The van der Waals surface area contributed by atoms with E-state index in [1.54, 1.807) is 7.05 Å². The lowest BCUT2D eigenvalue weighted by atomic mass is 10.2. The zero-order valence-corrected chi connectivity index (χ0v) is 9.02. The van der Waals surface area contributed by atoms with Gasteiger partial charge >= 0.3 is 0 Å². The van der Waals surface area contributed by atoms with Gasteiger partial charge in [-0.25, -0.2) is 8.42 Å². The molecular formula is C8H9N3O3S. The highest BCUT2D eigenvalue weighted by molar-refractivity contribution is 7.92. The molecule has 0 spiro atoms. The number of nitriles is 1. The van der Waals surface area contributed by atoms with E-state index in [0.717, 1.165) is 6.26 Å². The van der Waals surface area contributed by atoms with Crippen LogP contribution in [0.3, 0.4) is 0 Å². The van der Waals surface area contributed by atoms with Crippen molar-refractivity contribution >= 4 is 15.6 Å². The van der Waals surface area contributed by atoms with Gasteiger partial charge in [0.25, 0.3) is 0 Å². The average molecular weight is 227 g/mol. The highest BCUT2D eigenvalue weighted by atomic mass is 32.2. The van der Waals surface area contributed by atoms with Gasteiger partial charge in [-0.1, -0.05) is 0 Å². The van der Waals surface area contributed by atoms with Crippen molar-refractivity contribution in [1.82, 2.24) is 9.78 Å². The zero-order chi connectivity index (χ0) is 11.6. The minimum absolute atomic E-state index is 0.120. The molecule has 0 bridgehead atoms. The number of hydrogen-bond acceptors (Lipinski definition) is 5. The maximum absolute atomic E-state index is 11.6. The standard InChI is InChI=1S/C8H9N3O3S/c1-11-5-6(4-10-11)8(12)7(3-9)15(2,13)14/h4-5,7H,1-2H3. The Bertz CT molecular complexity index is 524. The molecule has 0 N–H and O–H groups in total. The van der Waals surface area contributed by atoms with Crippen LogP contribution in [0.25, 0.3) is 0 Å². The van der Waals surface area contributed by atoms with Crippen LogP contribution in [0.15, 0.2) is 12.4 Å². The first-order valence-electron chi connectivity index (χ1n) is 3.97. The summed E-state index contributed by atoms with van der Waals surface area (Å²) in [5, 5.41) is 10.7. The van der Waals surface area contributed by atoms with Crippen LogP contribution in [0.1, 0.15) is 10.4 Å². The molecule has 1 atom stereocenters. The van der Waals surface area contributed by atoms with E-state index in [1.165, 1.54) is 23.1 Å². The Morgan fingerprint density at radius 2 is 2.27 bits per heavy atom. The lowest BCUT2D eigenvalue weighted by Gasteiger charge is -2.02. The summed E-state index contributed by atoms with van der Waals surface area (Å²) >= 11 is 0. The molecule has 0 aromatic carbocycles. The number of Topliss-reactive ketones (excluding diaryl/α,β-unsaturated/α-hetero) is 1. The number of sulfone groups is 1. The van der Waals surface area contributed by atoms with E-state index in [1.807, 2.05) is 0 Å². The molecule has 1 heterocycles. The lowest BCUT2D eigenvalue weighted by Crippen LogP contribution is -2.27. The first-order valence-corrected chi connectivity index (χ1v) is 5.93. The van der Waals surface area contributed by atoms with Gasteiger partial charge in [-0.3, -0.25) is 9.48 Å². The van der Waals surface area contributed by atoms with Gasteiger partial charge in [0, 0.05) is 19.5 Å². The van der Waals surface area contributed by atoms with E-state index >= 15 is 0 Å². The van der Waals surface area contributed by atoms with Crippen LogP contribution in [-0.4, -0.2) is 35.5 Å². The van der Waals surface area contributed by atoms with E-state index in [-0.39, 0.29) is 5.56 Å². The van der Waals surface area contributed by atoms with E-state index in [9.17, 15) is 13.2 Å². The second-order valence-electron chi connectivity index (χ2n) is 3.11. The van der Waals surface area contributed by atoms with Crippen LogP contribution < -0.4 is 0 Å². The Balaban J connectivity index is 3.10. The molecule has 0 aliphatic heterocycles. The van der Waals surface area contributed by atoms with Gasteiger partial charge in [0.15, 0.2) is 15.6 Å². The third-order valence-electron chi connectivity index (χ3n) is 1.77. The maximum Gasteiger partial charge on any atom is 0.210 e. The van der Waals surface area contributed by atoms with Crippen molar-refractivity contribution in [2.45, 2.75) is 5.25 Å². The summed E-state index contributed by atoms with van der Waals surface area (Å²) in [6.45, 7) is 0. The Hall–Kier alpha value is -1.68. The second kappa shape index (κ2) is 3.82. The summed E-state index contributed by atoms with van der Waals surface area (Å²) in [6, 6.07) is 1.47. The molecule has 0 amide bonds. The van der Waals surface area contributed by atoms with Crippen molar-refractivity contribution in [3.05, 3.63) is 18.0 Å². The second-order valence-corrected chi connectivity index (χ2v) is 5.24. The predicted molar refractivity (Wildman–Crippen MR) is 51.8 cm³/mol. The van der Waals surface area contributed by atoms with Crippen LogP contribution in [0.5, 0.6) is 0 Å². The van der Waals surface area contributed by atoms with Crippen LogP contribution >= 0.6 is 0 Å². The molecule has 1 aromatic rings. The van der Waals surface area contributed by atoms with Gasteiger partial charge in [-0.05, 0) is 0 Å². The van der Waals surface area contributed by atoms with E-state index in [2.05, 4.69) is 5.10 Å². The summed E-state index contributed by atoms with van der Waals surface area (Å²) in [7, 11) is -2.10. The fraction of sp³-hybridized carbons (Fsp3) is 0.375. The fourth-order valence-corrected chi connectivity index (χ4v) is 1.77. The quantitative estimate of drug-likeness (QED) is 0.651. The van der Waals surface area contributed by atoms with Gasteiger partial charge in [-0.2, -0.15) is 10.4 Å². The van der Waals surface area contributed by atoms with Crippen molar-refractivity contribution in [3.8, 4) is 6.07 Å². The number of rotatable bonds is 3. The van der Waals surface area contributed by atoms with Gasteiger partial charge in [0.2, 0.25) is 5.25 Å². The van der Waals surface area contributed by atoms with Crippen LogP contribution in [0.2, 0.25) is 0 Å². The Labute approximate surface area is 87.0 Å². The molecule has 0 radical (unpaired) electrons. The van der Waals surface area contributed by atoms with Crippen LogP contribution in [0, 0.1) is 11.3 Å². The van der Waals surface area contributed by atoms with E-state index in [4.69, 9.17) is 5.26 Å². The topological polar surface area (TPSA) is 92.8 Å². The molecule has 0 fully saturated rings. The molecule has 1 unspecified atom stereocenters. The first kappa shape index (κ1) is 11.4. The maximum atomic E-state index is 11.6. The number of ketones is 1. The highest BCUT2D eigenvalue weighted by Crippen LogP contribution is 2.08. The number of aromatic nitrogens is 2. The van der Waals surface area contributed by atoms with Gasteiger partial charge < -0.3 is 0 Å². The van der Waals surface area contributed by atoms with Gasteiger partial charge in [-0.15, -0.1) is 0 Å². The smallest absolute Gasteiger partial charge is 0.210 e. The Morgan fingerprint density at radius 1 is 1.67 bits per heavy atom. The van der Waals surface area contributed by atoms with Gasteiger partial charge in [0.05, 0.1) is 17.8 Å². The molecule has 6 nitrogen and oxygen atoms in total. The molecule has 0 saturated heterocycles. The van der Waals surface area contributed by atoms with Crippen LogP contribution in [-0.2, 0) is 16.9 Å². The van der Waals surface area contributed by atoms with Crippen molar-refractivity contribution in [3.63, 3.8) is 0 Å². The summed E-state index contributed by atoms with van der Waals surface area (Å²) < 4.78 is 23.6.